The summed E-state index contributed by atoms with van der Waals surface area (Å²) in [5.74, 6) is 0.652. The molecule has 1 aromatic carbocycles. The number of aryl methyl sites for hydroxylation is 1. The van der Waals surface area contributed by atoms with Crippen LogP contribution in [0.1, 0.15) is 18.9 Å². The molecule has 114 valence electrons. The molecule has 0 radical (unpaired) electrons. The Morgan fingerprint density at radius 1 is 1.35 bits per heavy atom. The van der Waals surface area contributed by atoms with E-state index >= 15 is 0 Å². The Morgan fingerprint density at radius 3 is 2.75 bits per heavy atom. The number of aliphatic hydroxyl groups excluding tert-OH is 1. The molecule has 1 unspecified atom stereocenters. The van der Waals surface area contributed by atoms with Crippen molar-refractivity contribution in [2.24, 2.45) is 0 Å². The van der Waals surface area contributed by atoms with Crippen molar-refractivity contribution < 1.29 is 23.0 Å². The number of alkyl halides is 3. The maximum absolute atomic E-state index is 11.9. The van der Waals surface area contributed by atoms with Gasteiger partial charge in [0, 0.05) is 13.1 Å². The molecule has 0 aromatic heterocycles. The van der Waals surface area contributed by atoms with Crippen LogP contribution in [-0.2, 0) is 6.42 Å². The van der Waals surface area contributed by atoms with Gasteiger partial charge in [-0.3, -0.25) is 0 Å². The van der Waals surface area contributed by atoms with Crippen LogP contribution in [-0.4, -0.2) is 37.1 Å². The van der Waals surface area contributed by atoms with Crippen molar-refractivity contribution >= 4 is 0 Å². The van der Waals surface area contributed by atoms with Crippen molar-refractivity contribution in [1.82, 2.24) is 5.32 Å². The Kier molecular flexibility index (Phi) is 6.81. The minimum Gasteiger partial charge on any atom is -0.491 e. The number of nitrogens with one attached hydrogen (secondary N) is 1. The van der Waals surface area contributed by atoms with Crippen molar-refractivity contribution in [3.05, 3.63) is 29.8 Å². The van der Waals surface area contributed by atoms with Crippen molar-refractivity contribution in [2.45, 2.75) is 32.0 Å². The van der Waals surface area contributed by atoms with Crippen LogP contribution >= 0.6 is 0 Å². The summed E-state index contributed by atoms with van der Waals surface area (Å²) < 4.78 is 41.1. The molecule has 0 saturated carbocycles. The highest BCUT2D eigenvalue weighted by molar-refractivity contribution is 5.28. The molecule has 0 saturated heterocycles. The van der Waals surface area contributed by atoms with Crippen molar-refractivity contribution in [1.29, 1.82) is 0 Å². The van der Waals surface area contributed by atoms with Gasteiger partial charge < -0.3 is 15.2 Å². The van der Waals surface area contributed by atoms with Crippen LogP contribution in [0, 0.1) is 0 Å². The van der Waals surface area contributed by atoms with Gasteiger partial charge in [0.2, 0.25) is 0 Å². The van der Waals surface area contributed by atoms with Gasteiger partial charge in [-0.25, -0.2) is 0 Å². The molecule has 0 aliphatic carbocycles. The largest absolute Gasteiger partial charge is 0.491 e. The third-order valence-corrected chi connectivity index (χ3v) is 2.71. The lowest BCUT2D eigenvalue weighted by atomic mass is 10.2. The molecule has 0 aliphatic heterocycles. The SMILES string of the molecule is CCc1cccc(OCC(O)CNCCC(F)(F)F)c1. The standard InChI is InChI=1S/C14H20F3NO2/c1-2-11-4-3-5-13(8-11)20-10-12(19)9-18-7-6-14(15,16)17/h3-5,8,12,18-19H,2,6-7,9-10H2,1H3. The zero-order valence-electron chi connectivity index (χ0n) is 11.4. The topological polar surface area (TPSA) is 41.5 Å². The quantitative estimate of drug-likeness (QED) is 0.723. The van der Waals surface area contributed by atoms with E-state index in [9.17, 15) is 18.3 Å². The molecule has 0 fully saturated rings. The first-order valence-electron chi connectivity index (χ1n) is 6.58. The zero-order chi connectivity index (χ0) is 15.0. The smallest absolute Gasteiger partial charge is 0.390 e. The Morgan fingerprint density at radius 2 is 2.10 bits per heavy atom. The Balaban J connectivity index is 2.20. The van der Waals surface area contributed by atoms with E-state index in [1.165, 1.54) is 0 Å². The van der Waals surface area contributed by atoms with E-state index in [0.717, 1.165) is 12.0 Å². The van der Waals surface area contributed by atoms with Gasteiger partial charge in [-0.15, -0.1) is 0 Å². The first-order valence-corrected chi connectivity index (χ1v) is 6.58. The normalized spacial score (nSPS) is 13.2. The van der Waals surface area contributed by atoms with Crippen LogP contribution in [0.2, 0.25) is 0 Å². The van der Waals surface area contributed by atoms with Gasteiger partial charge in [-0.1, -0.05) is 19.1 Å². The number of ether oxygens (including phenoxy) is 1. The minimum absolute atomic E-state index is 0.0478. The predicted molar refractivity (Wildman–Crippen MR) is 70.9 cm³/mol. The van der Waals surface area contributed by atoms with Crippen LogP contribution in [0.4, 0.5) is 13.2 Å². The Bertz CT molecular complexity index is 396. The van der Waals surface area contributed by atoms with Gasteiger partial charge in [-0.2, -0.15) is 13.2 Å². The second-order valence-electron chi connectivity index (χ2n) is 4.54. The molecule has 1 rings (SSSR count). The molecule has 20 heavy (non-hydrogen) atoms. The molecule has 0 aliphatic rings. The monoisotopic (exact) mass is 291 g/mol. The summed E-state index contributed by atoms with van der Waals surface area (Å²) in [5.41, 5.74) is 1.13. The molecule has 1 atom stereocenters. The second kappa shape index (κ2) is 8.11. The van der Waals surface area contributed by atoms with Crippen LogP contribution in [0.25, 0.3) is 0 Å². The predicted octanol–water partition coefficient (Wildman–Crippen LogP) is 2.53. The molecule has 2 N–H and O–H groups in total. The van der Waals surface area contributed by atoms with Crippen LogP contribution in [0.5, 0.6) is 5.75 Å². The number of aliphatic hydroxyl groups is 1. The third kappa shape index (κ3) is 7.35. The van der Waals surface area contributed by atoms with E-state index in [-0.39, 0.29) is 19.7 Å². The average Bonchev–Trinajstić information content (AvgIpc) is 2.40. The average molecular weight is 291 g/mol. The van der Waals surface area contributed by atoms with E-state index in [1.54, 1.807) is 6.07 Å². The van der Waals surface area contributed by atoms with Crippen molar-refractivity contribution in [3.63, 3.8) is 0 Å². The van der Waals surface area contributed by atoms with Crippen molar-refractivity contribution in [3.8, 4) is 5.75 Å². The van der Waals surface area contributed by atoms with E-state index in [4.69, 9.17) is 4.74 Å². The van der Waals surface area contributed by atoms with Gasteiger partial charge in [0.05, 0.1) is 6.42 Å². The maximum atomic E-state index is 11.9. The molecule has 0 heterocycles. The van der Waals surface area contributed by atoms with Crippen LogP contribution < -0.4 is 10.1 Å². The highest BCUT2D eigenvalue weighted by Gasteiger charge is 2.26. The fourth-order valence-corrected chi connectivity index (χ4v) is 1.61. The summed E-state index contributed by atoms with van der Waals surface area (Å²) >= 11 is 0. The lowest BCUT2D eigenvalue weighted by Gasteiger charge is -2.14. The number of rotatable bonds is 8. The van der Waals surface area contributed by atoms with Gasteiger partial charge in [0.1, 0.15) is 18.5 Å². The van der Waals surface area contributed by atoms with Gasteiger partial charge in [-0.05, 0) is 24.1 Å². The maximum Gasteiger partial charge on any atom is 0.390 e. The second-order valence-corrected chi connectivity index (χ2v) is 4.54. The molecule has 3 nitrogen and oxygen atoms in total. The van der Waals surface area contributed by atoms with Gasteiger partial charge in [0.15, 0.2) is 0 Å². The Labute approximate surface area is 116 Å². The summed E-state index contributed by atoms with van der Waals surface area (Å²) in [6, 6.07) is 7.50. The lowest BCUT2D eigenvalue weighted by Crippen LogP contribution is -2.33. The number of benzene rings is 1. The number of hydrogen-bond acceptors (Lipinski definition) is 3. The molecular formula is C14H20F3NO2. The third-order valence-electron chi connectivity index (χ3n) is 2.71. The molecule has 1 aromatic rings. The van der Waals surface area contributed by atoms with E-state index in [1.807, 2.05) is 25.1 Å². The zero-order valence-corrected chi connectivity index (χ0v) is 11.4. The summed E-state index contributed by atoms with van der Waals surface area (Å²) in [6.45, 7) is 1.94. The fourth-order valence-electron chi connectivity index (χ4n) is 1.61. The lowest BCUT2D eigenvalue weighted by molar-refractivity contribution is -0.133. The summed E-state index contributed by atoms with van der Waals surface area (Å²) in [6.07, 6.45) is -5.03. The van der Waals surface area contributed by atoms with Gasteiger partial charge in [0.25, 0.3) is 0 Å². The summed E-state index contributed by atoms with van der Waals surface area (Å²) in [7, 11) is 0. The highest BCUT2D eigenvalue weighted by atomic mass is 19.4. The molecule has 6 heteroatoms. The number of hydrogen-bond donors (Lipinski definition) is 2. The Hall–Kier alpha value is -1.27. The van der Waals surface area contributed by atoms with E-state index < -0.39 is 18.7 Å². The fraction of sp³-hybridized carbons (Fsp3) is 0.571. The van der Waals surface area contributed by atoms with Crippen LogP contribution in [0.3, 0.4) is 0 Å². The molecule has 0 spiro atoms. The molecule has 0 amide bonds. The van der Waals surface area contributed by atoms with E-state index in [0.29, 0.717) is 5.75 Å². The van der Waals surface area contributed by atoms with Crippen molar-refractivity contribution in [2.75, 3.05) is 19.7 Å². The van der Waals surface area contributed by atoms with Gasteiger partial charge >= 0.3 is 6.18 Å². The first-order chi connectivity index (χ1) is 9.40. The summed E-state index contributed by atoms with van der Waals surface area (Å²) in [5, 5.41) is 12.1. The minimum atomic E-state index is -4.17. The van der Waals surface area contributed by atoms with E-state index in [2.05, 4.69) is 5.32 Å². The number of halogens is 3. The first kappa shape index (κ1) is 16.8. The highest BCUT2D eigenvalue weighted by Crippen LogP contribution is 2.18. The molecule has 0 bridgehead atoms. The van der Waals surface area contributed by atoms with Crippen LogP contribution in [0.15, 0.2) is 24.3 Å². The summed E-state index contributed by atoms with van der Waals surface area (Å²) in [4.78, 5) is 0. The molecular weight excluding hydrogens is 271 g/mol.